The van der Waals surface area contributed by atoms with Crippen LogP contribution in [0.1, 0.15) is 37.0 Å². The van der Waals surface area contributed by atoms with Crippen molar-refractivity contribution in [2.24, 2.45) is 5.92 Å². The number of nitrogens with one attached hydrogen (secondary N) is 1. The molecule has 19 heavy (non-hydrogen) atoms. The molecular formula is C16H18INO. The van der Waals surface area contributed by atoms with Crippen molar-refractivity contribution in [3.05, 3.63) is 56.8 Å². The van der Waals surface area contributed by atoms with Gasteiger partial charge in [-0.2, -0.15) is 0 Å². The second kappa shape index (κ2) is 6.37. The molecule has 1 aromatic rings. The number of hydrogen-bond acceptors (Lipinski definition) is 1. The maximum Gasteiger partial charge on any atom is 0.256 e. The van der Waals surface area contributed by atoms with Gasteiger partial charge in [0.15, 0.2) is 0 Å². The molecule has 3 heteroatoms. The molecule has 100 valence electrons. The van der Waals surface area contributed by atoms with Gasteiger partial charge in [0.25, 0.3) is 5.91 Å². The molecular weight excluding hydrogens is 349 g/mol. The minimum Gasteiger partial charge on any atom is -0.322 e. The lowest BCUT2D eigenvalue weighted by atomic mass is 9.92. The van der Waals surface area contributed by atoms with E-state index in [9.17, 15) is 4.79 Å². The van der Waals surface area contributed by atoms with Crippen LogP contribution in [-0.4, -0.2) is 5.91 Å². The minimum absolute atomic E-state index is 0.0234. The van der Waals surface area contributed by atoms with Crippen molar-refractivity contribution in [2.45, 2.75) is 26.7 Å². The van der Waals surface area contributed by atoms with E-state index in [1.54, 1.807) is 0 Å². The van der Waals surface area contributed by atoms with Gasteiger partial charge in [-0.3, -0.25) is 4.79 Å². The summed E-state index contributed by atoms with van der Waals surface area (Å²) in [6, 6.07) is 7.65. The quantitative estimate of drug-likeness (QED) is 0.794. The molecule has 0 atom stereocenters. The van der Waals surface area contributed by atoms with Crippen LogP contribution < -0.4 is 5.32 Å². The SMILES string of the molecule is CC(C)C1=C(NC(=O)c2ccccc2I)C=CCC1. The van der Waals surface area contributed by atoms with Crippen LogP contribution in [0.3, 0.4) is 0 Å². The van der Waals surface area contributed by atoms with Crippen LogP contribution in [0.15, 0.2) is 47.7 Å². The van der Waals surface area contributed by atoms with Gasteiger partial charge in [0.1, 0.15) is 0 Å². The molecule has 1 aromatic carbocycles. The Kier molecular flexibility index (Phi) is 4.80. The highest BCUT2D eigenvalue weighted by Gasteiger charge is 2.16. The Hall–Kier alpha value is -1.10. The molecule has 1 N–H and O–H groups in total. The van der Waals surface area contributed by atoms with Gasteiger partial charge in [0, 0.05) is 9.27 Å². The van der Waals surface area contributed by atoms with E-state index >= 15 is 0 Å². The highest BCUT2D eigenvalue weighted by Crippen LogP contribution is 2.24. The molecule has 0 heterocycles. The fraction of sp³-hybridized carbons (Fsp3) is 0.312. The average molecular weight is 367 g/mol. The molecule has 1 aliphatic rings. The summed E-state index contributed by atoms with van der Waals surface area (Å²) in [6.45, 7) is 4.35. The Labute approximate surface area is 128 Å². The highest BCUT2D eigenvalue weighted by molar-refractivity contribution is 14.1. The zero-order valence-electron chi connectivity index (χ0n) is 11.2. The van der Waals surface area contributed by atoms with E-state index in [1.807, 2.05) is 30.3 Å². The molecule has 0 spiro atoms. The third kappa shape index (κ3) is 3.47. The van der Waals surface area contributed by atoms with Gasteiger partial charge in [-0.05, 0) is 65.1 Å². The second-order valence-corrected chi connectivity index (χ2v) is 6.13. The van der Waals surface area contributed by atoms with Gasteiger partial charge in [0.05, 0.1) is 5.56 Å². The van der Waals surface area contributed by atoms with E-state index in [-0.39, 0.29) is 5.91 Å². The fourth-order valence-electron chi connectivity index (χ4n) is 2.24. The predicted molar refractivity (Wildman–Crippen MR) is 86.9 cm³/mol. The molecule has 0 saturated carbocycles. The summed E-state index contributed by atoms with van der Waals surface area (Å²) < 4.78 is 0.976. The van der Waals surface area contributed by atoms with Crippen LogP contribution >= 0.6 is 22.6 Å². The fourth-order valence-corrected chi connectivity index (χ4v) is 2.87. The second-order valence-electron chi connectivity index (χ2n) is 4.97. The van der Waals surface area contributed by atoms with Crippen molar-refractivity contribution in [1.82, 2.24) is 5.32 Å². The molecule has 1 amide bonds. The van der Waals surface area contributed by atoms with Crippen LogP contribution in [0.4, 0.5) is 0 Å². The average Bonchev–Trinajstić information content (AvgIpc) is 2.39. The Morgan fingerprint density at radius 3 is 2.74 bits per heavy atom. The largest absolute Gasteiger partial charge is 0.322 e. The lowest BCUT2D eigenvalue weighted by Gasteiger charge is -2.20. The number of rotatable bonds is 3. The number of benzene rings is 1. The summed E-state index contributed by atoms with van der Waals surface area (Å²) in [4.78, 5) is 12.3. The van der Waals surface area contributed by atoms with Crippen molar-refractivity contribution < 1.29 is 4.79 Å². The Balaban J connectivity index is 2.23. The first-order valence-electron chi connectivity index (χ1n) is 6.55. The Bertz CT molecular complexity index is 543. The molecule has 1 aliphatic carbocycles. The van der Waals surface area contributed by atoms with Crippen molar-refractivity contribution in [2.75, 3.05) is 0 Å². The number of carbonyl (C=O) groups is 1. The van der Waals surface area contributed by atoms with Gasteiger partial charge in [-0.25, -0.2) is 0 Å². The summed E-state index contributed by atoms with van der Waals surface area (Å²) in [5.74, 6) is 0.444. The van der Waals surface area contributed by atoms with Crippen LogP contribution in [-0.2, 0) is 0 Å². The van der Waals surface area contributed by atoms with Gasteiger partial charge in [0.2, 0.25) is 0 Å². The molecule has 0 saturated heterocycles. The van der Waals surface area contributed by atoms with Crippen molar-refractivity contribution in [3.8, 4) is 0 Å². The summed E-state index contributed by atoms with van der Waals surface area (Å²) in [5.41, 5.74) is 3.05. The van der Waals surface area contributed by atoms with Crippen LogP contribution in [0, 0.1) is 9.49 Å². The first-order valence-corrected chi connectivity index (χ1v) is 7.63. The normalized spacial score (nSPS) is 14.9. The summed E-state index contributed by atoms with van der Waals surface area (Å²) in [5, 5.41) is 3.06. The van der Waals surface area contributed by atoms with Gasteiger partial charge in [-0.15, -0.1) is 0 Å². The highest BCUT2D eigenvalue weighted by atomic mass is 127. The van der Waals surface area contributed by atoms with E-state index < -0.39 is 0 Å². The van der Waals surface area contributed by atoms with E-state index in [0.717, 1.165) is 27.7 Å². The molecule has 0 bridgehead atoms. The molecule has 2 rings (SSSR count). The minimum atomic E-state index is -0.0234. The van der Waals surface area contributed by atoms with E-state index in [1.165, 1.54) is 5.57 Å². The maximum atomic E-state index is 12.3. The van der Waals surface area contributed by atoms with E-state index in [0.29, 0.717) is 5.92 Å². The number of allylic oxidation sites excluding steroid dienone is 3. The molecule has 0 aliphatic heterocycles. The lowest BCUT2D eigenvalue weighted by molar-refractivity contribution is 0.0965. The first kappa shape index (κ1) is 14.3. The zero-order chi connectivity index (χ0) is 13.8. The van der Waals surface area contributed by atoms with Gasteiger partial charge < -0.3 is 5.32 Å². The third-order valence-electron chi connectivity index (χ3n) is 3.27. The van der Waals surface area contributed by atoms with E-state index in [2.05, 4.69) is 47.8 Å². The summed E-state index contributed by atoms with van der Waals surface area (Å²) in [6.07, 6.45) is 6.26. The van der Waals surface area contributed by atoms with Gasteiger partial charge in [-0.1, -0.05) is 32.1 Å². The maximum absolute atomic E-state index is 12.3. The number of amides is 1. The van der Waals surface area contributed by atoms with Crippen LogP contribution in [0.5, 0.6) is 0 Å². The standard InChI is InChI=1S/C16H18INO/c1-11(2)12-7-4-6-10-15(12)18-16(19)13-8-3-5-9-14(13)17/h3,5-6,8-11H,4,7H2,1-2H3,(H,18,19). The molecule has 0 radical (unpaired) electrons. The van der Waals surface area contributed by atoms with Crippen molar-refractivity contribution in [3.63, 3.8) is 0 Å². The number of halogens is 1. The molecule has 2 nitrogen and oxygen atoms in total. The number of hydrogen-bond donors (Lipinski definition) is 1. The topological polar surface area (TPSA) is 29.1 Å². The summed E-state index contributed by atoms with van der Waals surface area (Å²) in [7, 11) is 0. The third-order valence-corrected chi connectivity index (χ3v) is 4.22. The van der Waals surface area contributed by atoms with Crippen molar-refractivity contribution in [1.29, 1.82) is 0 Å². The molecule has 0 aromatic heterocycles. The van der Waals surface area contributed by atoms with E-state index in [4.69, 9.17) is 0 Å². The Morgan fingerprint density at radius 1 is 1.32 bits per heavy atom. The zero-order valence-corrected chi connectivity index (χ0v) is 13.4. The first-order chi connectivity index (χ1) is 9.09. The van der Waals surface area contributed by atoms with Crippen molar-refractivity contribution >= 4 is 28.5 Å². The summed E-state index contributed by atoms with van der Waals surface area (Å²) >= 11 is 2.19. The van der Waals surface area contributed by atoms with Crippen LogP contribution in [0.2, 0.25) is 0 Å². The lowest BCUT2D eigenvalue weighted by Crippen LogP contribution is -2.25. The Morgan fingerprint density at radius 2 is 2.05 bits per heavy atom. The predicted octanol–water partition coefficient (Wildman–Crippen LogP) is 4.28. The number of carbonyl (C=O) groups excluding carboxylic acids is 1. The monoisotopic (exact) mass is 367 g/mol. The molecule has 0 unspecified atom stereocenters. The van der Waals surface area contributed by atoms with Crippen LogP contribution in [0.25, 0.3) is 0 Å². The molecule has 0 fully saturated rings. The smallest absolute Gasteiger partial charge is 0.256 e. The van der Waals surface area contributed by atoms with Gasteiger partial charge >= 0.3 is 0 Å².